The largest absolute Gasteiger partial charge is 0.481 e. The molecule has 1 atom stereocenters. The molecule has 0 saturated heterocycles. The van der Waals surface area contributed by atoms with E-state index in [1.807, 2.05) is 61.5 Å². The highest BCUT2D eigenvalue weighted by Crippen LogP contribution is 2.21. The highest BCUT2D eigenvalue weighted by Gasteiger charge is 2.14. The highest BCUT2D eigenvalue weighted by molar-refractivity contribution is 6.30. The van der Waals surface area contributed by atoms with Gasteiger partial charge in [0.25, 0.3) is 5.91 Å². The molecule has 0 radical (unpaired) electrons. The highest BCUT2D eigenvalue weighted by atomic mass is 35.5. The lowest BCUT2D eigenvalue weighted by atomic mass is 10.1. The molecule has 3 aromatic carbocycles. The fraction of sp³-hybridized carbons (Fsp3) is 0.143. The van der Waals surface area contributed by atoms with Gasteiger partial charge in [-0.1, -0.05) is 54.1 Å². The molecular formula is C21H19ClN2O2. The summed E-state index contributed by atoms with van der Waals surface area (Å²) in [6.07, 6.45) is -0.669. The SMILES string of the molecule is C/C(=N\NC(=O)C(C)Oc1ccc2ccccc2c1)c1ccc(Cl)cc1. The Balaban J connectivity index is 1.63. The van der Waals surface area contributed by atoms with E-state index in [-0.39, 0.29) is 5.91 Å². The van der Waals surface area contributed by atoms with Gasteiger partial charge in [-0.2, -0.15) is 5.10 Å². The molecule has 132 valence electrons. The van der Waals surface area contributed by atoms with Crippen LogP contribution in [-0.4, -0.2) is 17.7 Å². The van der Waals surface area contributed by atoms with Gasteiger partial charge in [-0.3, -0.25) is 4.79 Å². The number of nitrogens with zero attached hydrogens (tertiary/aromatic N) is 1. The van der Waals surface area contributed by atoms with E-state index in [2.05, 4.69) is 10.5 Å². The first kappa shape index (κ1) is 18.0. The van der Waals surface area contributed by atoms with Crippen molar-refractivity contribution < 1.29 is 9.53 Å². The van der Waals surface area contributed by atoms with Crippen molar-refractivity contribution in [1.29, 1.82) is 0 Å². The van der Waals surface area contributed by atoms with Crippen LogP contribution in [0, 0.1) is 0 Å². The fourth-order valence-electron chi connectivity index (χ4n) is 2.48. The molecule has 0 aliphatic rings. The molecule has 3 aromatic rings. The molecule has 0 bridgehead atoms. The topological polar surface area (TPSA) is 50.7 Å². The molecule has 0 saturated carbocycles. The zero-order chi connectivity index (χ0) is 18.5. The molecule has 1 unspecified atom stereocenters. The van der Waals surface area contributed by atoms with Crippen LogP contribution in [0.5, 0.6) is 5.75 Å². The molecule has 0 aromatic heterocycles. The molecule has 0 aliphatic heterocycles. The standard InChI is InChI=1S/C21H19ClN2O2/c1-14(16-7-10-19(22)11-8-16)23-24-21(25)15(2)26-20-12-9-17-5-3-4-6-18(17)13-20/h3-13,15H,1-2H3,(H,24,25)/b23-14+. The lowest BCUT2D eigenvalue weighted by Gasteiger charge is -2.14. The van der Waals surface area contributed by atoms with Crippen molar-refractivity contribution in [2.45, 2.75) is 20.0 Å². The second-order valence-electron chi connectivity index (χ2n) is 5.95. The smallest absolute Gasteiger partial charge is 0.280 e. The zero-order valence-corrected chi connectivity index (χ0v) is 15.3. The second kappa shape index (κ2) is 8.02. The number of halogens is 1. The maximum absolute atomic E-state index is 12.2. The monoisotopic (exact) mass is 366 g/mol. The van der Waals surface area contributed by atoms with Crippen LogP contribution in [0.3, 0.4) is 0 Å². The van der Waals surface area contributed by atoms with Crippen LogP contribution < -0.4 is 10.2 Å². The van der Waals surface area contributed by atoms with Crippen LogP contribution in [0.2, 0.25) is 5.02 Å². The molecule has 0 spiro atoms. The van der Waals surface area contributed by atoms with E-state index in [4.69, 9.17) is 16.3 Å². The van der Waals surface area contributed by atoms with Gasteiger partial charge < -0.3 is 4.74 Å². The molecular weight excluding hydrogens is 348 g/mol. The van der Waals surface area contributed by atoms with Crippen LogP contribution in [0.1, 0.15) is 19.4 Å². The van der Waals surface area contributed by atoms with Crippen molar-refractivity contribution in [1.82, 2.24) is 5.43 Å². The minimum Gasteiger partial charge on any atom is -0.481 e. The Morgan fingerprint density at radius 2 is 1.73 bits per heavy atom. The maximum atomic E-state index is 12.2. The second-order valence-corrected chi connectivity index (χ2v) is 6.39. The Hall–Kier alpha value is -2.85. The number of amides is 1. The summed E-state index contributed by atoms with van der Waals surface area (Å²) >= 11 is 5.87. The zero-order valence-electron chi connectivity index (χ0n) is 14.6. The Labute approximate surface area is 157 Å². The van der Waals surface area contributed by atoms with E-state index in [1.165, 1.54) is 0 Å². The molecule has 5 heteroatoms. The summed E-state index contributed by atoms with van der Waals surface area (Å²) in [4.78, 5) is 12.2. The van der Waals surface area contributed by atoms with Crippen LogP contribution >= 0.6 is 11.6 Å². The van der Waals surface area contributed by atoms with Gasteiger partial charge in [0.05, 0.1) is 5.71 Å². The normalized spacial score (nSPS) is 12.7. The molecule has 1 amide bonds. The number of benzene rings is 3. The van der Waals surface area contributed by atoms with Crippen LogP contribution in [0.25, 0.3) is 10.8 Å². The van der Waals surface area contributed by atoms with E-state index in [0.717, 1.165) is 16.3 Å². The fourth-order valence-corrected chi connectivity index (χ4v) is 2.61. The van der Waals surface area contributed by atoms with Gasteiger partial charge in [0.2, 0.25) is 0 Å². The van der Waals surface area contributed by atoms with Crippen LogP contribution in [0.15, 0.2) is 71.8 Å². The first-order chi connectivity index (χ1) is 12.5. The van der Waals surface area contributed by atoms with Gasteiger partial charge in [-0.15, -0.1) is 0 Å². The van der Waals surface area contributed by atoms with Gasteiger partial charge in [-0.05, 0) is 54.4 Å². The van der Waals surface area contributed by atoms with Crippen molar-refractivity contribution in [3.8, 4) is 5.75 Å². The first-order valence-corrected chi connectivity index (χ1v) is 8.66. The van der Waals surface area contributed by atoms with Crippen molar-refractivity contribution >= 4 is 34.0 Å². The predicted molar refractivity (Wildman–Crippen MR) is 106 cm³/mol. The van der Waals surface area contributed by atoms with E-state index >= 15 is 0 Å². The summed E-state index contributed by atoms with van der Waals surface area (Å²) in [5.74, 6) is 0.330. The third-order valence-electron chi connectivity index (χ3n) is 4.00. The molecule has 0 aliphatic carbocycles. The van der Waals surface area contributed by atoms with E-state index < -0.39 is 6.10 Å². The molecule has 0 fully saturated rings. The summed E-state index contributed by atoms with van der Waals surface area (Å²) < 4.78 is 5.74. The Kier molecular flexibility index (Phi) is 5.54. The maximum Gasteiger partial charge on any atom is 0.280 e. The van der Waals surface area contributed by atoms with Crippen molar-refractivity contribution in [3.05, 3.63) is 77.3 Å². The Morgan fingerprint density at radius 3 is 2.46 bits per heavy atom. The van der Waals surface area contributed by atoms with Gasteiger partial charge in [0.15, 0.2) is 6.10 Å². The average Bonchev–Trinajstić information content (AvgIpc) is 2.66. The average molecular weight is 367 g/mol. The third-order valence-corrected chi connectivity index (χ3v) is 4.25. The summed E-state index contributed by atoms with van der Waals surface area (Å²) in [5, 5.41) is 6.98. The Bertz CT molecular complexity index is 952. The minimum absolute atomic E-state index is 0.313. The number of rotatable bonds is 5. The van der Waals surface area contributed by atoms with E-state index in [9.17, 15) is 4.79 Å². The molecule has 3 rings (SSSR count). The number of carbonyl (C=O) groups is 1. The van der Waals surface area contributed by atoms with Crippen LogP contribution in [-0.2, 0) is 4.79 Å². The number of carbonyl (C=O) groups excluding carboxylic acids is 1. The first-order valence-electron chi connectivity index (χ1n) is 8.28. The quantitative estimate of drug-likeness (QED) is 0.520. The molecule has 4 nitrogen and oxygen atoms in total. The van der Waals surface area contributed by atoms with Gasteiger partial charge >= 0.3 is 0 Å². The van der Waals surface area contributed by atoms with Gasteiger partial charge in [0, 0.05) is 5.02 Å². The van der Waals surface area contributed by atoms with Gasteiger partial charge in [-0.25, -0.2) is 5.43 Å². The summed E-state index contributed by atoms with van der Waals surface area (Å²) in [7, 11) is 0. The number of ether oxygens (including phenoxy) is 1. The Morgan fingerprint density at radius 1 is 1.04 bits per heavy atom. The summed E-state index contributed by atoms with van der Waals surface area (Å²) in [6.45, 7) is 3.51. The van der Waals surface area contributed by atoms with Crippen LogP contribution in [0.4, 0.5) is 0 Å². The number of hydrogen-bond donors (Lipinski definition) is 1. The molecule has 1 N–H and O–H groups in total. The number of hydrazone groups is 1. The van der Waals surface area contributed by atoms with Crippen molar-refractivity contribution in [2.75, 3.05) is 0 Å². The predicted octanol–water partition coefficient (Wildman–Crippen LogP) is 4.80. The number of nitrogens with one attached hydrogen (secondary N) is 1. The minimum atomic E-state index is -0.669. The number of fused-ring (bicyclic) bond motifs is 1. The number of hydrogen-bond acceptors (Lipinski definition) is 3. The third kappa shape index (κ3) is 4.41. The molecule has 26 heavy (non-hydrogen) atoms. The van der Waals surface area contributed by atoms with Crippen molar-refractivity contribution in [2.24, 2.45) is 5.10 Å². The van der Waals surface area contributed by atoms with E-state index in [1.54, 1.807) is 19.1 Å². The summed E-state index contributed by atoms with van der Waals surface area (Å²) in [5.41, 5.74) is 4.12. The summed E-state index contributed by atoms with van der Waals surface area (Å²) in [6, 6.07) is 21.0. The van der Waals surface area contributed by atoms with Crippen molar-refractivity contribution in [3.63, 3.8) is 0 Å². The van der Waals surface area contributed by atoms with Gasteiger partial charge in [0.1, 0.15) is 5.75 Å². The molecule has 0 heterocycles. The lowest BCUT2D eigenvalue weighted by molar-refractivity contribution is -0.127. The lowest BCUT2D eigenvalue weighted by Crippen LogP contribution is -2.33. The van der Waals surface area contributed by atoms with E-state index in [0.29, 0.717) is 16.5 Å².